The Hall–Kier alpha value is -1.99. The number of Topliss-reactive ketones (excluding diaryl/α,β-unsaturated/α-hetero) is 1. The first kappa shape index (κ1) is 17.8. The lowest BCUT2D eigenvalue weighted by atomic mass is 10.1. The highest BCUT2D eigenvalue weighted by molar-refractivity contribution is 8.01. The van der Waals surface area contributed by atoms with E-state index in [-0.39, 0.29) is 11.0 Å². The fraction of sp³-hybridized carbons (Fsp3) is 0.333. The summed E-state index contributed by atoms with van der Waals surface area (Å²) in [5.41, 5.74) is 0.794. The minimum absolute atomic E-state index is 0.109. The normalized spacial score (nSPS) is 12.2. The number of aryl methyl sites for hydroxylation is 1. The highest BCUT2D eigenvalue weighted by atomic mass is 32.2. The molecule has 0 spiro atoms. The molecule has 0 aliphatic rings. The second kappa shape index (κ2) is 8.40. The number of oxazole rings is 1. The van der Waals surface area contributed by atoms with Gasteiger partial charge in [-0.2, -0.15) is 0 Å². The maximum atomic E-state index is 12.2. The summed E-state index contributed by atoms with van der Waals surface area (Å²) in [6.45, 7) is 4.10. The molecule has 0 fully saturated rings. The van der Waals surface area contributed by atoms with Crippen LogP contribution in [-0.2, 0) is 24.1 Å². The molecule has 5 nitrogen and oxygen atoms in total. The van der Waals surface area contributed by atoms with E-state index < -0.39 is 0 Å². The maximum Gasteiger partial charge on any atom is 0.207 e. The van der Waals surface area contributed by atoms with Crippen LogP contribution in [0.2, 0.25) is 0 Å². The number of aromatic nitrogens is 3. The summed E-state index contributed by atoms with van der Waals surface area (Å²) in [4.78, 5) is 25.0. The molecule has 25 heavy (non-hydrogen) atoms. The van der Waals surface area contributed by atoms with Gasteiger partial charge < -0.3 is 4.42 Å². The van der Waals surface area contributed by atoms with Crippen LogP contribution in [0.1, 0.15) is 41.4 Å². The number of hydrogen-bond donors (Lipinski definition) is 0. The van der Waals surface area contributed by atoms with Crippen LogP contribution >= 0.6 is 23.1 Å². The summed E-state index contributed by atoms with van der Waals surface area (Å²) in [5, 5.41) is 0.940. The molecule has 0 radical (unpaired) electrons. The minimum atomic E-state index is 0.109. The lowest BCUT2D eigenvalue weighted by Crippen LogP contribution is -2.07. The molecule has 7 heteroatoms. The van der Waals surface area contributed by atoms with Crippen LogP contribution in [0.25, 0.3) is 0 Å². The first-order valence-corrected chi connectivity index (χ1v) is 9.81. The van der Waals surface area contributed by atoms with E-state index in [0.29, 0.717) is 12.8 Å². The monoisotopic (exact) mass is 373 g/mol. The van der Waals surface area contributed by atoms with Crippen molar-refractivity contribution in [1.82, 2.24) is 15.0 Å². The molecule has 3 rings (SSSR count). The van der Waals surface area contributed by atoms with Gasteiger partial charge in [-0.3, -0.25) is 9.78 Å². The molecule has 0 bridgehead atoms. The summed E-state index contributed by atoms with van der Waals surface area (Å²) in [6.07, 6.45) is 6.83. The van der Waals surface area contributed by atoms with Gasteiger partial charge in [-0.1, -0.05) is 13.0 Å². The molecule has 130 valence electrons. The number of thiazole rings is 1. The summed E-state index contributed by atoms with van der Waals surface area (Å²) < 4.78 is 6.76. The zero-order valence-electron chi connectivity index (χ0n) is 14.1. The van der Waals surface area contributed by atoms with Crippen molar-refractivity contribution in [1.29, 1.82) is 0 Å². The molecule has 0 saturated heterocycles. The van der Waals surface area contributed by atoms with Gasteiger partial charge in [0.25, 0.3) is 0 Å². The summed E-state index contributed by atoms with van der Waals surface area (Å²) in [6, 6.07) is 5.60. The second-order valence-electron chi connectivity index (χ2n) is 5.56. The van der Waals surface area contributed by atoms with E-state index in [1.54, 1.807) is 35.5 Å². The van der Waals surface area contributed by atoms with Gasteiger partial charge in [0.1, 0.15) is 16.6 Å². The molecule has 0 saturated carbocycles. The van der Waals surface area contributed by atoms with Crippen molar-refractivity contribution in [3.63, 3.8) is 0 Å². The number of thioether (sulfide) groups is 1. The molecule has 3 heterocycles. The highest BCUT2D eigenvalue weighted by Crippen LogP contribution is 2.37. The van der Waals surface area contributed by atoms with Crippen molar-refractivity contribution in [3.8, 4) is 0 Å². The van der Waals surface area contributed by atoms with Crippen molar-refractivity contribution < 1.29 is 9.21 Å². The maximum absolute atomic E-state index is 12.2. The van der Waals surface area contributed by atoms with Crippen LogP contribution in [0.15, 0.2) is 45.4 Å². The number of hydrogen-bond acceptors (Lipinski definition) is 7. The van der Waals surface area contributed by atoms with Crippen molar-refractivity contribution in [2.75, 3.05) is 0 Å². The van der Waals surface area contributed by atoms with Crippen LogP contribution in [-0.4, -0.2) is 20.7 Å². The van der Waals surface area contributed by atoms with Crippen LogP contribution < -0.4 is 0 Å². The van der Waals surface area contributed by atoms with E-state index in [2.05, 4.69) is 21.9 Å². The van der Waals surface area contributed by atoms with E-state index >= 15 is 0 Å². The number of pyridine rings is 1. The van der Waals surface area contributed by atoms with Gasteiger partial charge in [-0.05, 0) is 19.1 Å². The smallest absolute Gasteiger partial charge is 0.207 e. The Bertz CT molecular complexity index is 830. The molecule has 0 N–H and O–H groups in total. The van der Waals surface area contributed by atoms with E-state index in [1.165, 1.54) is 0 Å². The van der Waals surface area contributed by atoms with Gasteiger partial charge in [-0.15, -0.1) is 23.1 Å². The number of carbonyl (C=O) groups excluding carboxylic acids is 1. The first-order valence-electron chi connectivity index (χ1n) is 8.11. The van der Waals surface area contributed by atoms with Crippen molar-refractivity contribution >= 4 is 28.9 Å². The Balaban J connectivity index is 1.55. The SMILES string of the molecule is CCc1cnc(C(C)Sc2cnc(CC(=O)Cc3ccccn3)s2)o1. The Kier molecular flexibility index (Phi) is 5.99. The Morgan fingerprint density at radius 2 is 2.12 bits per heavy atom. The topological polar surface area (TPSA) is 68.9 Å². The molecule has 0 aliphatic carbocycles. The Morgan fingerprint density at radius 1 is 1.24 bits per heavy atom. The number of nitrogens with zero attached hydrogens (tertiary/aromatic N) is 3. The molecule has 3 aromatic rings. The van der Waals surface area contributed by atoms with E-state index in [1.807, 2.05) is 31.3 Å². The molecular weight excluding hydrogens is 354 g/mol. The van der Waals surface area contributed by atoms with Gasteiger partial charge >= 0.3 is 0 Å². The van der Waals surface area contributed by atoms with Gasteiger partial charge in [0.05, 0.1) is 28.3 Å². The zero-order valence-corrected chi connectivity index (χ0v) is 15.8. The van der Waals surface area contributed by atoms with Crippen molar-refractivity contribution in [2.45, 2.75) is 42.6 Å². The summed E-state index contributed by atoms with van der Waals surface area (Å²) in [7, 11) is 0. The zero-order chi connectivity index (χ0) is 17.6. The predicted molar refractivity (Wildman–Crippen MR) is 98.9 cm³/mol. The Labute approximate surface area is 154 Å². The van der Waals surface area contributed by atoms with E-state index in [9.17, 15) is 4.79 Å². The summed E-state index contributed by atoms with van der Waals surface area (Å²) in [5.74, 6) is 1.74. The quantitative estimate of drug-likeness (QED) is 0.549. The van der Waals surface area contributed by atoms with E-state index in [4.69, 9.17) is 4.42 Å². The third-order valence-electron chi connectivity index (χ3n) is 3.55. The van der Waals surface area contributed by atoms with Gasteiger partial charge in [-0.25, -0.2) is 9.97 Å². The molecule has 1 atom stereocenters. The fourth-order valence-corrected chi connectivity index (χ4v) is 4.53. The largest absolute Gasteiger partial charge is 0.445 e. The van der Waals surface area contributed by atoms with Crippen LogP contribution in [0.3, 0.4) is 0 Å². The van der Waals surface area contributed by atoms with Crippen molar-refractivity contribution in [3.05, 3.63) is 59.1 Å². The molecule has 1 unspecified atom stereocenters. The lowest BCUT2D eigenvalue weighted by Gasteiger charge is -2.04. The van der Waals surface area contributed by atoms with Gasteiger partial charge in [0.15, 0.2) is 0 Å². The minimum Gasteiger partial charge on any atom is -0.445 e. The summed E-state index contributed by atoms with van der Waals surface area (Å²) >= 11 is 3.20. The molecular formula is C18H19N3O2S2. The van der Waals surface area contributed by atoms with Crippen LogP contribution in [0.5, 0.6) is 0 Å². The average Bonchev–Trinajstić information content (AvgIpc) is 3.25. The van der Waals surface area contributed by atoms with Crippen LogP contribution in [0, 0.1) is 0 Å². The molecule has 0 amide bonds. The van der Waals surface area contributed by atoms with Gasteiger partial charge in [0.2, 0.25) is 5.89 Å². The predicted octanol–water partition coefficient (Wildman–Crippen LogP) is 4.30. The number of rotatable bonds is 8. The Morgan fingerprint density at radius 3 is 2.84 bits per heavy atom. The third-order valence-corrected chi connectivity index (χ3v) is 5.77. The van der Waals surface area contributed by atoms with Gasteiger partial charge in [0, 0.05) is 24.7 Å². The lowest BCUT2D eigenvalue weighted by molar-refractivity contribution is -0.117. The number of ketones is 1. The highest BCUT2D eigenvalue weighted by Gasteiger charge is 2.16. The average molecular weight is 374 g/mol. The van der Waals surface area contributed by atoms with Crippen molar-refractivity contribution in [2.24, 2.45) is 0 Å². The van der Waals surface area contributed by atoms with Crippen LogP contribution in [0.4, 0.5) is 0 Å². The molecule has 0 aliphatic heterocycles. The first-order chi connectivity index (χ1) is 12.1. The number of carbonyl (C=O) groups is 1. The molecule has 0 aromatic carbocycles. The molecule has 3 aromatic heterocycles. The fourth-order valence-electron chi connectivity index (χ4n) is 2.26. The third kappa shape index (κ3) is 4.99. The second-order valence-corrected chi connectivity index (χ2v) is 8.32. The van der Waals surface area contributed by atoms with E-state index in [0.717, 1.165) is 33.0 Å². The standard InChI is InChI=1S/C18H19N3O2S2/c1-3-15-10-21-18(23-15)12(2)24-17-11-20-16(25-17)9-14(22)8-13-6-4-5-7-19-13/h4-7,10-12H,3,8-9H2,1-2H3.